The number of imidazole rings is 1. The van der Waals surface area contributed by atoms with Gasteiger partial charge in [-0.25, -0.2) is 13.4 Å². The van der Waals surface area contributed by atoms with Crippen LogP contribution in [0.2, 0.25) is 0 Å². The van der Waals surface area contributed by atoms with Crippen LogP contribution in [-0.2, 0) is 41.8 Å². The maximum Gasteiger partial charge on any atom is 0.264 e. The molecule has 4 heterocycles. The molecule has 63 heavy (non-hydrogen) atoms. The van der Waals surface area contributed by atoms with E-state index < -0.39 is 39.5 Å². The highest BCUT2D eigenvalue weighted by molar-refractivity contribution is 7.90. The van der Waals surface area contributed by atoms with Gasteiger partial charge in [0.15, 0.2) is 9.84 Å². The molecule has 18 nitrogen and oxygen atoms in total. The lowest BCUT2D eigenvalue weighted by atomic mass is 10.0. The highest BCUT2D eigenvalue weighted by atomic mass is 32.2. The molecule has 2 aromatic heterocycles. The van der Waals surface area contributed by atoms with Crippen LogP contribution in [0.25, 0.3) is 28.2 Å². The summed E-state index contributed by atoms with van der Waals surface area (Å²) in [5.41, 5.74) is 4.81. The Morgan fingerprint density at radius 1 is 0.905 bits per heavy atom. The third-order valence-electron chi connectivity index (χ3n) is 10.6. The summed E-state index contributed by atoms with van der Waals surface area (Å²) in [7, 11) is -3.41. The maximum absolute atomic E-state index is 13.3. The van der Waals surface area contributed by atoms with E-state index in [-0.39, 0.29) is 73.6 Å². The number of aryl methyl sites for hydroxylation is 1. The number of aromatic amines is 1. The first-order valence-electron chi connectivity index (χ1n) is 20.1. The first-order chi connectivity index (χ1) is 30.4. The quantitative estimate of drug-likeness (QED) is 0.0653. The summed E-state index contributed by atoms with van der Waals surface area (Å²) in [5, 5.41) is 24.2. The molecule has 0 spiro atoms. The van der Waals surface area contributed by atoms with Gasteiger partial charge in [0.25, 0.3) is 11.8 Å². The third kappa shape index (κ3) is 9.14. The fourth-order valence-electron chi connectivity index (χ4n) is 7.47. The lowest BCUT2D eigenvalue weighted by molar-refractivity contribution is -0.136. The predicted octanol–water partition coefficient (Wildman–Crippen LogP) is 3.33. The number of nitrogens with one attached hydrogen (secondary N) is 4. The van der Waals surface area contributed by atoms with Gasteiger partial charge in [0, 0.05) is 42.6 Å². The number of carbonyl (C=O) groups excluding carboxylic acids is 5. The monoisotopic (exact) mass is 874 g/mol. The average molecular weight is 875 g/mol. The Morgan fingerprint density at radius 3 is 2.43 bits per heavy atom. The Labute approximate surface area is 360 Å². The molecule has 8 rings (SSSR count). The van der Waals surface area contributed by atoms with Crippen LogP contribution in [0.15, 0.2) is 95.9 Å². The number of fused-ring (bicyclic) bond motifs is 2. The van der Waals surface area contributed by atoms with Gasteiger partial charge in [-0.3, -0.25) is 34.2 Å². The topological polar surface area (TPSA) is 244 Å². The molecule has 5 N–H and O–H groups in total. The molecule has 1 fully saturated rings. The average Bonchev–Trinajstić information content (AvgIpc) is 3.92. The molecule has 19 heteroatoms. The molecular weight excluding hydrogens is 833 g/mol. The number of hydrogen-bond acceptors (Lipinski definition) is 13. The first-order valence-corrected chi connectivity index (χ1v) is 22.0. The number of piperidine rings is 1. The second-order valence-electron chi connectivity index (χ2n) is 14.9. The van der Waals surface area contributed by atoms with E-state index >= 15 is 0 Å². The molecule has 0 bridgehead atoms. The van der Waals surface area contributed by atoms with Gasteiger partial charge in [-0.1, -0.05) is 42.5 Å². The Bertz CT molecular complexity index is 2820. The number of rotatable bonds is 17. The van der Waals surface area contributed by atoms with Gasteiger partial charge in [0.2, 0.25) is 29.5 Å². The van der Waals surface area contributed by atoms with Gasteiger partial charge in [-0.05, 0) is 73.4 Å². The minimum Gasteiger partial charge on any atom is -0.493 e. The second kappa shape index (κ2) is 17.9. The highest BCUT2D eigenvalue weighted by Gasteiger charge is 2.45. The summed E-state index contributed by atoms with van der Waals surface area (Å²) < 4.78 is 36.8. The number of nitrogens with zero attached hydrogens (tertiary/aromatic N) is 4. The zero-order valence-electron chi connectivity index (χ0n) is 33.9. The Morgan fingerprint density at radius 2 is 1.68 bits per heavy atom. The number of sulfone groups is 1. The lowest BCUT2D eigenvalue weighted by Gasteiger charge is -2.27. The first kappa shape index (κ1) is 42.3. The summed E-state index contributed by atoms with van der Waals surface area (Å²) in [6, 6.07) is 25.0. The fourth-order valence-corrected chi connectivity index (χ4v) is 8.10. The second-order valence-corrected chi connectivity index (χ2v) is 16.9. The third-order valence-corrected chi connectivity index (χ3v) is 11.8. The number of H-pyrrole nitrogens is 1. The predicted molar refractivity (Wildman–Crippen MR) is 228 cm³/mol. The molecule has 5 amide bonds. The molecule has 2 aliphatic heterocycles. The van der Waals surface area contributed by atoms with E-state index in [0.29, 0.717) is 52.6 Å². The van der Waals surface area contributed by atoms with E-state index in [4.69, 9.17) is 14.6 Å². The molecule has 0 saturated carbocycles. The molecule has 4 aromatic carbocycles. The van der Waals surface area contributed by atoms with E-state index in [9.17, 15) is 37.5 Å². The lowest BCUT2D eigenvalue weighted by Crippen LogP contribution is -2.54. The Kier molecular flexibility index (Phi) is 12.0. The van der Waals surface area contributed by atoms with Crippen molar-refractivity contribution in [3.05, 3.63) is 113 Å². The van der Waals surface area contributed by atoms with Crippen LogP contribution in [0.1, 0.15) is 44.7 Å². The van der Waals surface area contributed by atoms with Crippen LogP contribution in [0.3, 0.4) is 0 Å². The number of anilines is 1. The minimum atomic E-state index is -3.41. The van der Waals surface area contributed by atoms with Crippen molar-refractivity contribution >= 4 is 56.1 Å². The number of ether oxygens (including phenoxy) is 2. The SMILES string of the molecule is CS(=O)(=O)c1ccc(-c2nn(-c3nc4ccccc4[nH]3)c(O)c2CCc2ccc(OCCOCC(=O)NCCNc3cccc4c3C(=O)N(C3CCC(=O)NC3=O)C4=O)cc2)cc1. The number of para-hydroxylation sites is 2. The minimum absolute atomic E-state index is 0.0239. The molecule has 2 aliphatic rings. The molecule has 324 valence electrons. The van der Waals surface area contributed by atoms with E-state index in [1.165, 1.54) is 22.9 Å². The summed E-state index contributed by atoms with van der Waals surface area (Å²) in [6.45, 7) is 0.548. The van der Waals surface area contributed by atoms with Crippen molar-refractivity contribution in [1.29, 1.82) is 0 Å². The largest absolute Gasteiger partial charge is 0.493 e. The van der Waals surface area contributed by atoms with Gasteiger partial charge in [-0.15, -0.1) is 0 Å². The molecule has 6 aromatic rings. The van der Waals surface area contributed by atoms with Gasteiger partial charge < -0.3 is 30.2 Å². The highest BCUT2D eigenvalue weighted by Crippen LogP contribution is 2.35. The zero-order chi connectivity index (χ0) is 44.3. The molecular formula is C44H42N8O10S. The maximum atomic E-state index is 13.3. The van der Waals surface area contributed by atoms with Crippen LogP contribution < -0.4 is 20.7 Å². The number of aromatic nitrogens is 4. The Balaban J connectivity index is 0.791. The smallest absolute Gasteiger partial charge is 0.264 e. The molecule has 1 saturated heterocycles. The number of amides is 5. The van der Waals surface area contributed by atoms with Crippen LogP contribution in [-0.4, -0.2) is 113 Å². The summed E-state index contributed by atoms with van der Waals surface area (Å²) >= 11 is 0. The van der Waals surface area contributed by atoms with E-state index in [1.807, 2.05) is 48.5 Å². The summed E-state index contributed by atoms with van der Waals surface area (Å²) in [4.78, 5) is 71.6. The molecule has 0 radical (unpaired) electrons. The van der Waals surface area contributed by atoms with Crippen molar-refractivity contribution in [2.45, 2.75) is 36.6 Å². The van der Waals surface area contributed by atoms with Crippen molar-refractivity contribution in [3.63, 3.8) is 0 Å². The van der Waals surface area contributed by atoms with Gasteiger partial charge in [-0.2, -0.15) is 9.78 Å². The molecule has 1 unspecified atom stereocenters. The van der Waals surface area contributed by atoms with Crippen molar-refractivity contribution < 1.29 is 47.0 Å². The van der Waals surface area contributed by atoms with Gasteiger partial charge >= 0.3 is 0 Å². The van der Waals surface area contributed by atoms with Gasteiger partial charge in [0.1, 0.15) is 30.7 Å². The number of carbonyl (C=O) groups is 5. The fraction of sp³-hybridized carbons (Fsp3) is 0.250. The summed E-state index contributed by atoms with van der Waals surface area (Å²) in [6.07, 6.45) is 2.17. The van der Waals surface area contributed by atoms with Crippen molar-refractivity contribution in [2.24, 2.45) is 0 Å². The number of hydrogen-bond donors (Lipinski definition) is 5. The molecule has 0 aliphatic carbocycles. The standard InChI is InChI=1S/C44H42N8O10S/c1-63(59,60)29-16-12-27(13-17-29)39-31(42(57)52(50-39)44-47-32-6-2-3-7-33(32)48-44)18-11-26-9-14-28(15-10-26)62-24-23-61-25-37(54)46-22-21-45-34-8-4-5-30-38(34)43(58)51(41(30)56)35-19-20-36(53)49-40(35)55/h2-10,12-17,35,45,57H,11,18-25H2,1H3,(H,46,54)(H,47,48)(H,49,53,55). The van der Waals surface area contributed by atoms with Crippen LogP contribution in [0.4, 0.5) is 5.69 Å². The van der Waals surface area contributed by atoms with Crippen molar-refractivity contribution in [3.8, 4) is 28.8 Å². The van der Waals surface area contributed by atoms with Crippen LogP contribution in [0.5, 0.6) is 11.6 Å². The van der Waals surface area contributed by atoms with Crippen LogP contribution in [0, 0.1) is 0 Å². The number of imide groups is 2. The van der Waals surface area contributed by atoms with E-state index in [1.54, 1.807) is 24.3 Å². The molecule has 1 atom stereocenters. The van der Waals surface area contributed by atoms with Crippen LogP contribution >= 0.6 is 0 Å². The Hall–Kier alpha value is -7.38. The normalized spacial score (nSPS) is 15.1. The zero-order valence-corrected chi connectivity index (χ0v) is 34.7. The van der Waals surface area contributed by atoms with Crippen molar-refractivity contribution in [1.82, 2.24) is 35.3 Å². The van der Waals surface area contributed by atoms with Gasteiger partial charge in [0.05, 0.1) is 33.7 Å². The van der Waals surface area contributed by atoms with Crippen molar-refractivity contribution in [2.75, 3.05) is 44.5 Å². The van der Waals surface area contributed by atoms with E-state index in [0.717, 1.165) is 22.2 Å². The number of benzene rings is 4. The van der Waals surface area contributed by atoms with E-state index in [2.05, 4.69) is 25.9 Å². The number of aromatic hydroxyl groups is 1. The summed E-state index contributed by atoms with van der Waals surface area (Å²) in [5.74, 6) is -1.89.